The molecule has 2 heterocycles. The van der Waals surface area contributed by atoms with E-state index in [1.165, 1.54) is 6.33 Å². The smallest absolute Gasteiger partial charge is 0.459 e. The van der Waals surface area contributed by atoms with Gasteiger partial charge in [-0.3, -0.25) is 19.1 Å². The monoisotopic (exact) mass is 532 g/mol. The van der Waals surface area contributed by atoms with Crippen LogP contribution in [0.2, 0.25) is 0 Å². The first-order valence-corrected chi connectivity index (χ1v) is 13.1. The summed E-state index contributed by atoms with van der Waals surface area (Å²) in [5.74, 6) is -1.23. The van der Waals surface area contributed by atoms with E-state index in [1.807, 2.05) is 0 Å². The number of esters is 1. The van der Waals surface area contributed by atoms with Crippen molar-refractivity contribution in [2.45, 2.75) is 26.0 Å². The lowest BCUT2D eigenvalue weighted by Crippen LogP contribution is -2.45. The molecule has 1 fully saturated rings. The molecule has 0 aliphatic heterocycles. The lowest BCUT2D eigenvalue weighted by Gasteiger charge is -2.46. The van der Waals surface area contributed by atoms with Crippen molar-refractivity contribution in [3.63, 3.8) is 0 Å². The summed E-state index contributed by atoms with van der Waals surface area (Å²) in [6, 6.07) is 7.93. The van der Waals surface area contributed by atoms with Crippen LogP contribution in [0.5, 0.6) is 5.75 Å². The van der Waals surface area contributed by atoms with Crippen molar-refractivity contribution in [2.24, 2.45) is 11.8 Å². The van der Waals surface area contributed by atoms with Gasteiger partial charge in [-0.1, -0.05) is 24.8 Å². The van der Waals surface area contributed by atoms with Gasteiger partial charge >= 0.3 is 13.7 Å². The summed E-state index contributed by atoms with van der Waals surface area (Å²) in [4.78, 5) is 34.8. The van der Waals surface area contributed by atoms with Gasteiger partial charge in [0.15, 0.2) is 11.2 Å². The summed E-state index contributed by atoms with van der Waals surface area (Å²) in [5, 5.41) is 12.7. The number of aromatic nitrogens is 4. The normalized spacial score (nSPS) is 21.0. The highest BCUT2D eigenvalue weighted by Gasteiger charge is 2.47. The lowest BCUT2D eigenvalue weighted by molar-refractivity contribution is -0.145. The Morgan fingerprint density at radius 3 is 2.76 bits per heavy atom. The minimum absolute atomic E-state index is 0.0642. The van der Waals surface area contributed by atoms with E-state index in [-0.39, 0.29) is 42.2 Å². The fraction of sp³-hybridized carbons (Fsp3) is 0.391. The molecular weight excluding hydrogens is 503 g/mol. The molecule has 1 saturated carbocycles. The third-order valence-corrected chi connectivity index (χ3v) is 7.40. The van der Waals surface area contributed by atoms with Crippen molar-refractivity contribution < 1.29 is 28.3 Å². The van der Waals surface area contributed by atoms with E-state index in [0.717, 1.165) is 0 Å². The fourth-order valence-corrected chi connectivity index (χ4v) is 5.52. The molecule has 0 radical (unpaired) electrons. The Hall–Kier alpha value is -3.51. The molecule has 1 aromatic carbocycles. The van der Waals surface area contributed by atoms with E-state index in [9.17, 15) is 19.3 Å². The molecular formula is C23H29N6O7P. The second-order valence-corrected chi connectivity index (χ2v) is 10.6. The summed E-state index contributed by atoms with van der Waals surface area (Å²) >= 11 is 0. The van der Waals surface area contributed by atoms with E-state index < -0.39 is 43.7 Å². The van der Waals surface area contributed by atoms with Crippen molar-refractivity contribution in [3.8, 4) is 5.75 Å². The molecule has 5 N–H and O–H groups in total. The predicted octanol–water partition coefficient (Wildman–Crippen LogP) is 1.78. The maximum atomic E-state index is 13.5. The Morgan fingerprint density at radius 2 is 2.08 bits per heavy atom. The molecule has 4 rings (SSSR count). The molecule has 2 aromatic heterocycles. The van der Waals surface area contributed by atoms with E-state index >= 15 is 0 Å². The Balaban J connectivity index is 1.50. The van der Waals surface area contributed by atoms with Crippen LogP contribution in [0.25, 0.3) is 11.2 Å². The summed E-state index contributed by atoms with van der Waals surface area (Å²) in [5.41, 5.74) is 6.22. The maximum Gasteiger partial charge on any atom is 0.459 e. The van der Waals surface area contributed by atoms with Crippen LogP contribution >= 0.6 is 7.75 Å². The number of aliphatic hydroxyl groups is 1. The Bertz CT molecular complexity index is 1390. The third kappa shape index (κ3) is 5.75. The average molecular weight is 532 g/mol. The van der Waals surface area contributed by atoms with Crippen LogP contribution in [0, 0.1) is 11.8 Å². The number of nitrogens with one attached hydrogen (secondary N) is 2. The van der Waals surface area contributed by atoms with Gasteiger partial charge in [-0.2, -0.15) is 4.98 Å². The molecule has 13 nitrogen and oxygen atoms in total. The Labute approximate surface area is 212 Å². The van der Waals surface area contributed by atoms with Crippen LogP contribution in [0.3, 0.4) is 0 Å². The van der Waals surface area contributed by atoms with Gasteiger partial charge in [0.1, 0.15) is 12.3 Å². The number of imidazole rings is 1. The molecule has 0 spiro atoms. The third-order valence-electron chi connectivity index (χ3n) is 5.92. The number of carbonyl (C=O) groups excluding carboxylic acids is 1. The summed E-state index contributed by atoms with van der Waals surface area (Å²) < 4.78 is 31.6. The number of aromatic amines is 1. The van der Waals surface area contributed by atoms with Crippen molar-refractivity contribution in [1.82, 2.24) is 24.6 Å². The molecule has 1 aliphatic carbocycles. The highest BCUT2D eigenvalue weighted by Crippen LogP contribution is 2.52. The number of para-hydroxylation sites is 1. The van der Waals surface area contributed by atoms with Gasteiger partial charge < -0.3 is 24.7 Å². The molecule has 0 amide bonds. The van der Waals surface area contributed by atoms with E-state index in [0.29, 0.717) is 5.57 Å². The number of nitrogen functional groups attached to an aromatic ring is 1. The first kappa shape index (κ1) is 26.6. The number of benzene rings is 1. The minimum Gasteiger partial charge on any atom is -0.462 e. The SMILES string of the molecule is C=C1[C@@H](n2cnc3c(=O)[nH]c(N)nc32)[C@H](CO)[C@H]1COP(=O)(NCC(=O)OC(C)C)Oc1ccccc1. The van der Waals surface area contributed by atoms with Gasteiger partial charge in [0.2, 0.25) is 5.95 Å². The van der Waals surface area contributed by atoms with Crippen LogP contribution < -0.4 is 20.9 Å². The van der Waals surface area contributed by atoms with Crippen LogP contribution in [-0.4, -0.2) is 56.5 Å². The lowest BCUT2D eigenvalue weighted by atomic mass is 9.66. The van der Waals surface area contributed by atoms with Gasteiger partial charge in [-0.05, 0) is 31.6 Å². The number of aliphatic hydroxyl groups excluding tert-OH is 1. The number of H-pyrrole nitrogens is 1. The van der Waals surface area contributed by atoms with Crippen LogP contribution in [0.1, 0.15) is 19.9 Å². The van der Waals surface area contributed by atoms with Crippen LogP contribution in [0.15, 0.2) is 53.6 Å². The fourth-order valence-electron chi connectivity index (χ4n) is 4.23. The molecule has 1 aliphatic rings. The van der Waals surface area contributed by atoms with Gasteiger partial charge in [0, 0.05) is 18.4 Å². The van der Waals surface area contributed by atoms with Crippen molar-refractivity contribution >= 4 is 30.8 Å². The highest BCUT2D eigenvalue weighted by molar-refractivity contribution is 7.52. The van der Waals surface area contributed by atoms with Gasteiger partial charge in [0.05, 0.1) is 25.1 Å². The number of nitrogens with zero attached hydrogens (tertiary/aromatic N) is 3. The zero-order valence-corrected chi connectivity index (χ0v) is 21.3. The number of anilines is 1. The van der Waals surface area contributed by atoms with Crippen LogP contribution in [0.4, 0.5) is 5.95 Å². The number of fused-ring (bicyclic) bond motifs is 1. The molecule has 198 valence electrons. The molecule has 14 heteroatoms. The van der Waals surface area contributed by atoms with Crippen molar-refractivity contribution in [1.29, 1.82) is 0 Å². The molecule has 0 bridgehead atoms. The van der Waals surface area contributed by atoms with E-state index in [4.69, 9.17) is 19.5 Å². The Morgan fingerprint density at radius 1 is 1.35 bits per heavy atom. The van der Waals surface area contributed by atoms with Crippen molar-refractivity contribution in [3.05, 3.63) is 59.2 Å². The van der Waals surface area contributed by atoms with Crippen LogP contribution in [-0.2, 0) is 18.6 Å². The molecule has 4 atom stereocenters. The standard InChI is InChI=1S/C23H29N6O7P/c1-13(2)35-18(31)9-26-37(33,36-15-7-5-4-6-8-15)34-11-17-14(3)20(16(17)10-30)29-12-25-19-21(29)27-23(24)28-22(19)32/h4-8,12-13,16-17,20,30H,3,9-11H2,1-2H3,(H,26,33)(H3,24,27,28,32)/t16-,17+,20-,37?/m1/s1. The summed E-state index contributed by atoms with van der Waals surface area (Å²) in [6.45, 7) is 6.73. The maximum absolute atomic E-state index is 13.5. The minimum atomic E-state index is -4.03. The van der Waals surface area contributed by atoms with Crippen molar-refractivity contribution in [2.75, 3.05) is 25.5 Å². The number of hydrogen-bond donors (Lipinski definition) is 4. The Kier molecular flexibility index (Phi) is 7.79. The predicted molar refractivity (Wildman–Crippen MR) is 135 cm³/mol. The van der Waals surface area contributed by atoms with Gasteiger partial charge in [-0.15, -0.1) is 0 Å². The number of hydrogen-bond acceptors (Lipinski definition) is 10. The van der Waals surface area contributed by atoms with Gasteiger partial charge in [0.25, 0.3) is 5.56 Å². The number of nitrogens with two attached hydrogens (primary N) is 1. The topological polar surface area (TPSA) is 184 Å². The number of rotatable bonds is 11. The quantitative estimate of drug-likeness (QED) is 0.160. The first-order valence-electron chi connectivity index (χ1n) is 11.6. The molecule has 37 heavy (non-hydrogen) atoms. The zero-order valence-electron chi connectivity index (χ0n) is 20.4. The number of carbonyl (C=O) groups is 1. The molecule has 3 aromatic rings. The van der Waals surface area contributed by atoms with E-state index in [2.05, 4.69) is 26.6 Å². The average Bonchev–Trinajstić information content (AvgIpc) is 3.24. The summed E-state index contributed by atoms with van der Waals surface area (Å²) in [6.07, 6.45) is 1.10. The number of ether oxygens (including phenoxy) is 1. The molecule has 1 unspecified atom stereocenters. The van der Waals surface area contributed by atoms with Gasteiger partial charge in [-0.25, -0.2) is 14.6 Å². The largest absolute Gasteiger partial charge is 0.462 e. The highest BCUT2D eigenvalue weighted by atomic mass is 31.2. The van der Waals surface area contributed by atoms with E-state index in [1.54, 1.807) is 48.7 Å². The first-order chi connectivity index (χ1) is 17.6. The second-order valence-electron chi connectivity index (χ2n) is 8.82. The second kappa shape index (κ2) is 10.9. The summed E-state index contributed by atoms with van der Waals surface area (Å²) in [7, 11) is -4.03. The molecule has 0 saturated heterocycles. The zero-order chi connectivity index (χ0) is 26.7.